The first-order valence-electron chi connectivity index (χ1n) is 10.6. The van der Waals surface area contributed by atoms with E-state index in [1.54, 1.807) is 0 Å². The van der Waals surface area contributed by atoms with Gasteiger partial charge >= 0.3 is 179 Å². The number of hydrogen-bond acceptors (Lipinski definition) is 3. The molecule has 2 atom stereocenters. The van der Waals surface area contributed by atoms with Crippen molar-refractivity contribution in [1.82, 2.24) is 3.98 Å². The third-order valence-electron chi connectivity index (χ3n) is 5.61. The van der Waals surface area contributed by atoms with E-state index < -0.39 is 0 Å². The molecule has 4 N–H and O–H groups in total. The molecule has 28 heavy (non-hydrogen) atoms. The van der Waals surface area contributed by atoms with E-state index in [9.17, 15) is 0 Å². The molecule has 3 nitrogen and oxygen atoms in total. The first-order valence-corrected chi connectivity index (χ1v) is 11.0. The van der Waals surface area contributed by atoms with Crippen LogP contribution in [0, 0.1) is 0 Å². The van der Waals surface area contributed by atoms with Gasteiger partial charge in [0, 0.05) is 0 Å². The summed E-state index contributed by atoms with van der Waals surface area (Å²) in [5, 5.41) is 0. The van der Waals surface area contributed by atoms with Crippen molar-refractivity contribution in [2.45, 2.75) is 65.5 Å². The van der Waals surface area contributed by atoms with Crippen LogP contribution in [0.2, 0.25) is 0 Å². The van der Waals surface area contributed by atoms with Crippen LogP contribution in [0.3, 0.4) is 0 Å². The first kappa shape index (κ1) is 23.1. The Balaban J connectivity index is 2.16. The van der Waals surface area contributed by atoms with Crippen LogP contribution in [-0.4, -0.2) is 17.1 Å². The fourth-order valence-corrected chi connectivity index (χ4v) is 4.57. The quantitative estimate of drug-likeness (QED) is 0.555. The van der Waals surface area contributed by atoms with E-state index in [-0.39, 0.29) is 12.1 Å². The number of nitrogens with two attached hydrogens (primary N) is 2. The Morgan fingerprint density at radius 2 is 0.964 bits per heavy atom. The normalized spacial score (nSPS) is 13.8. The molecule has 0 fully saturated rings. The Morgan fingerprint density at radius 3 is 1.21 bits per heavy atom. The molecule has 0 spiro atoms. The predicted molar refractivity (Wildman–Crippen MR) is 116 cm³/mol. The van der Waals surface area contributed by atoms with E-state index in [1.165, 1.54) is 33.4 Å². The van der Waals surface area contributed by atoms with Crippen LogP contribution in [0.4, 0.5) is 0 Å². The Morgan fingerprint density at radius 1 is 0.679 bits per heavy atom. The van der Waals surface area contributed by atoms with E-state index in [2.05, 4.69) is 64.1 Å². The van der Waals surface area contributed by atoms with Crippen molar-refractivity contribution < 1.29 is 15.7 Å². The summed E-state index contributed by atoms with van der Waals surface area (Å²) in [6.07, 6.45) is 3.95. The van der Waals surface area contributed by atoms with Gasteiger partial charge in [-0.15, -0.1) is 0 Å². The monoisotopic (exact) mass is 424 g/mol. The summed E-state index contributed by atoms with van der Waals surface area (Å²) in [7, 11) is 0. The zero-order valence-corrected chi connectivity index (χ0v) is 18.8. The average molecular weight is 425 g/mol. The van der Waals surface area contributed by atoms with Crippen molar-refractivity contribution in [1.29, 1.82) is 0 Å². The van der Waals surface area contributed by atoms with Crippen LogP contribution in [-0.2, 0) is 41.4 Å². The van der Waals surface area contributed by atoms with Gasteiger partial charge in [0.1, 0.15) is 0 Å². The standard InChI is InChI=1S/C24H36N3.Ni/c1-5-17-11-9-12-18(6-2)23(17)21(25)15-27-16-22(26)24-19(7-3)13-10-14-20(24)8-4;/h9-14,21-22H,5-8,15-16,25-26H2,1-4H3;/q-1;+1. The second-order valence-corrected chi connectivity index (χ2v) is 8.02. The number of hydrogen-bond donors (Lipinski definition) is 2. The van der Waals surface area contributed by atoms with Gasteiger partial charge in [-0.05, 0) is 0 Å². The van der Waals surface area contributed by atoms with Gasteiger partial charge in [-0.2, -0.15) is 0 Å². The molecular weight excluding hydrogens is 389 g/mol. The summed E-state index contributed by atoms with van der Waals surface area (Å²) >= 11 is 5.33. The first-order chi connectivity index (χ1) is 13.5. The Bertz CT molecular complexity index is 652. The molecule has 2 aromatic carbocycles. The van der Waals surface area contributed by atoms with Crippen molar-refractivity contribution >= 4 is 0 Å². The number of aryl methyl sites for hydroxylation is 4. The molecule has 2 rings (SSSR count). The van der Waals surface area contributed by atoms with E-state index in [0.717, 1.165) is 25.7 Å². The second-order valence-electron chi connectivity index (χ2n) is 7.40. The molecule has 4 heteroatoms. The molecule has 157 valence electrons. The molecule has 0 saturated heterocycles. The molecule has 0 radical (unpaired) electrons. The summed E-state index contributed by atoms with van der Waals surface area (Å²) in [6, 6.07) is 12.8. The van der Waals surface area contributed by atoms with Gasteiger partial charge in [0.15, 0.2) is 0 Å². The minimum absolute atomic E-state index is 0.0842. The van der Waals surface area contributed by atoms with Gasteiger partial charge in [-0.25, -0.2) is 0 Å². The van der Waals surface area contributed by atoms with Crippen molar-refractivity contribution in [2.75, 3.05) is 13.1 Å². The summed E-state index contributed by atoms with van der Waals surface area (Å²) in [5.74, 6) is 0. The Hall–Kier alpha value is -1.19. The average Bonchev–Trinajstić information content (AvgIpc) is 2.71. The fourth-order valence-electron chi connectivity index (χ4n) is 4.18. The molecule has 2 aromatic rings. The van der Waals surface area contributed by atoms with Crippen molar-refractivity contribution in [3.05, 3.63) is 69.8 Å². The summed E-state index contributed by atoms with van der Waals surface area (Å²) < 4.78 is 1.92. The number of rotatable bonds is 10. The van der Waals surface area contributed by atoms with Gasteiger partial charge < -0.3 is 0 Å². The fraction of sp³-hybridized carbons (Fsp3) is 0.500. The maximum absolute atomic E-state index is 6.63. The maximum atomic E-state index is 6.63. The summed E-state index contributed by atoms with van der Waals surface area (Å²) in [5.41, 5.74) is 21.1. The summed E-state index contributed by atoms with van der Waals surface area (Å²) in [6.45, 7) is 10.0. The van der Waals surface area contributed by atoms with E-state index in [1.807, 2.05) is 3.98 Å². The van der Waals surface area contributed by atoms with Crippen LogP contribution in [0.1, 0.15) is 73.2 Å². The number of benzene rings is 2. The molecule has 0 bridgehead atoms. The van der Waals surface area contributed by atoms with Gasteiger partial charge in [0.2, 0.25) is 0 Å². The molecule has 0 amide bonds. The molecule has 0 aromatic heterocycles. The molecule has 0 saturated carbocycles. The molecule has 2 unspecified atom stereocenters. The molecule has 0 aliphatic heterocycles. The predicted octanol–water partition coefficient (Wildman–Crippen LogP) is 4.40. The van der Waals surface area contributed by atoms with Crippen molar-refractivity contribution in [3.63, 3.8) is 0 Å². The van der Waals surface area contributed by atoms with Crippen molar-refractivity contribution in [3.8, 4) is 0 Å². The summed E-state index contributed by atoms with van der Waals surface area (Å²) in [4.78, 5) is 0. The number of nitrogens with zero attached hydrogens (tertiary/aromatic N) is 1. The van der Waals surface area contributed by atoms with E-state index >= 15 is 0 Å². The Labute approximate surface area is 179 Å². The SMILES string of the molecule is CCc1cccc(CC)c1C(N)C[N]([Ni])CC(N)c1c(CC)cccc1CC. The van der Waals surface area contributed by atoms with Crippen LogP contribution < -0.4 is 11.5 Å². The van der Waals surface area contributed by atoms with Gasteiger partial charge in [0.05, 0.1) is 0 Å². The van der Waals surface area contributed by atoms with E-state index in [0.29, 0.717) is 13.1 Å². The second kappa shape index (κ2) is 11.1. The third kappa shape index (κ3) is 5.45. The molecule has 0 heterocycles. The Kier molecular flexibility index (Phi) is 9.17. The van der Waals surface area contributed by atoms with Crippen LogP contribution in [0.15, 0.2) is 36.4 Å². The van der Waals surface area contributed by atoms with Gasteiger partial charge in [0.25, 0.3) is 0 Å². The molecule has 0 aliphatic carbocycles. The van der Waals surface area contributed by atoms with Crippen LogP contribution in [0.25, 0.3) is 0 Å². The van der Waals surface area contributed by atoms with Crippen LogP contribution in [0.5, 0.6) is 0 Å². The zero-order valence-electron chi connectivity index (χ0n) is 17.8. The van der Waals surface area contributed by atoms with Crippen LogP contribution >= 0.6 is 0 Å². The van der Waals surface area contributed by atoms with Crippen molar-refractivity contribution in [2.24, 2.45) is 11.5 Å². The van der Waals surface area contributed by atoms with Gasteiger partial charge in [-0.3, -0.25) is 0 Å². The van der Waals surface area contributed by atoms with E-state index in [4.69, 9.17) is 27.1 Å². The van der Waals surface area contributed by atoms with Gasteiger partial charge in [-0.1, -0.05) is 0 Å². The molecule has 0 aliphatic rings. The third-order valence-corrected chi connectivity index (χ3v) is 5.97. The molecular formula is C24H36N3Ni. The zero-order chi connectivity index (χ0) is 20.7. The topological polar surface area (TPSA) is 55.3 Å². The minimum atomic E-state index is -0.0842.